The fraction of sp³-hybridized carbons (Fsp3) is 0.435. The molecule has 1 fully saturated rings. The van der Waals surface area contributed by atoms with E-state index < -0.39 is 9.84 Å². The Hall–Kier alpha value is -2.58. The van der Waals surface area contributed by atoms with Crippen molar-refractivity contribution in [2.75, 3.05) is 19.3 Å². The molecule has 1 aromatic carbocycles. The molecule has 3 aromatic rings. The number of sulfone groups is 1. The number of likely N-dealkylation sites (tertiary alicyclic amines) is 1. The normalized spacial score (nSPS) is 17.0. The van der Waals surface area contributed by atoms with Gasteiger partial charge in [-0.25, -0.2) is 13.1 Å². The summed E-state index contributed by atoms with van der Waals surface area (Å²) in [6, 6.07) is 14.0. The fourth-order valence-electron chi connectivity index (χ4n) is 4.23. The molecular formula is C23H29N5O2S. The smallest absolute Gasteiger partial charge is 0.151 e. The standard InChI is InChI=1S/C23H29N5O2S/c1-18(23-8-3-4-11-24-23)28-16-22(25-26-28)15-27-12-9-20(10-13-27)21-7-5-6-19(14-21)17-31(2,29)30/h3-8,11,14,16,18,20H,9-10,12-13,15,17H2,1-2H3. The highest BCUT2D eigenvalue weighted by Gasteiger charge is 2.22. The molecule has 164 valence electrons. The third-order valence-electron chi connectivity index (χ3n) is 5.89. The van der Waals surface area contributed by atoms with Crippen molar-refractivity contribution in [1.29, 1.82) is 0 Å². The van der Waals surface area contributed by atoms with Crippen molar-refractivity contribution in [1.82, 2.24) is 24.9 Å². The maximum atomic E-state index is 11.6. The molecule has 0 spiro atoms. The SMILES string of the molecule is CC(c1ccccn1)n1cc(CN2CCC(c3cccc(CS(C)(=O)=O)c3)CC2)nn1. The van der Waals surface area contributed by atoms with Gasteiger partial charge in [0.05, 0.1) is 29.4 Å². The molecule has 0 aliphatic carbocycles. The van der Waals surface area contributed by atoms with Crippen molar-refractivity contribution >= 4 is 9.84 Å². The summed E-state index contributed by atoms with van der Waals surface area (Å²) in [5, 5.41) is 8.68. The molecule has 2 aromatic heterocycles. The summed E-state index contributed by atoms with van der Waals surface area (Å²) < 4.78 is 25.1. The number of nitrogens with zero attached hydrogens (tertiary/aromatic N) is 5. The Morgan fingerprint density at radius 1 is 1.13 bits per heavy atom. The maximum absolute atomic E-state index is 11.6. The molecule has 1 aliphatic rings. The van der Waals surface area contributed by atoms with Gasteiger partial charge in [0.1, 0.15) is 0 Å². The minimum atomic E-state index is -3.02. The zero-order valence-corrected chi connectivity index (χ0v) is 18.9. The van der Waals surface area contributed by atoms with Crippen LogP contribution < -0.4 is 0 Å². The summed E-state index contributed by atoms with van der Waals surface area (Å²) in [6.45, 7) is 4.84. The Balaban J connectivity index is 1.33. The van der Waals surface area contributed by atoms with E-state index in [4.69, 9.17) is 0 Å². The number of pyridine rings is 1. The highest BCUT2D eigenvalue weighted by atomic mass is 32.2. The summed E-state index contributed by atoms with van der Waals surface area (Å²) in [7, 11) is -3.02. The number of piperidine rings is 1. The van der Waals surface area contributed by atoms with Crippen LogP contribution >= 0.6 is 0 Å². The lowest BCUT2D eigenvalue weighted by Crippen LogP contribution is -2.32. The monoisotopic (exact) mass is 439 g/mol. The average Bonchev–Trinajstić information content (AvgIpc) is 3.22. The van der Waals surface area contributed by atoms with Crippen molar-refractivity contribution < 1.29 is 8.42 Å². The van der Waals surface area contributed by atoms with E-state index >= 15 is 0 Å². The first kappa shape index (κ1) is 21.6. The lowest BCUT2D eigenvalue weighted by atomic mass is 9.88. The molecule has 7 nitrogen and oxygen atoms in total. The van der Waals surface area contributed by atoms with Crippen LogP contribution in [0.3, 0.4) is 0 Å². The second kappa shape index (κ2) is 9.28. The third-order valence-corrected chi connectivity index (χ3v) is 6.75. The molecule has 3 heterocycles. The molecule has 0 radical (unpaired) electrons. The van der Waals surface area contributed by atoms with E-state index in [-0.39, 0.29) is 11.8 Å². The first-order valence-corrected chi connectivity index (χ1v) is 12.7. The van der Waals surface area contributed by atoms with Crippen molar-refractivity contribution in [3.63, 3.8) is 0 Å². The zero-order valence-electron chi connectivity index (χ0n) is 18.1. The number of hydrogen-bond donors (Lipinski definition) is 0. The quantitative estimate of drug-likeness (QED) is 0.562. The van der Waals surface area contributed by atoms with Gasteiger partial charge in [0.25, 0.3) is 0 Å². The van der Waals surface area contributed by atoms with E-state index in [0.717, 1.165) is 49.4 Å². The Labute approximate surface area is 184 Å². The Morgan fingerprint density at radius 3 is 2.65 bits per heavy atom. The maximum Gasteiger partial charge on any atom is 0.151 e. The van der Waals surface area contributed by atoms with Crippen molar-refractivity contribution in [3.05, 3.63) is 77.4 Å². The van der Waals surface area contributed by atoms with Gasteiger partial charge in [-0.3, -0.25) is 9.88 Å². The van der Waals surface area contributed by atoms with Crippen LogP contribution in [-0.2, 0) is 22.1 Å². The molecule has 0 amide bonds. The lowest BCUT2D eigenvalue weighted by Gasteiger charge is -2.31. The molecule has 4 rings (SSSR count). The molecule has 1 unspecified atom stereocenters. The second-order valence-corrected chi connectivity index (χ2v) is 10.6. The van der Waals surface area contributed by atoms with Crippen molar-refractivity contribution in [2.24, 2.45) is 0 Å². The average molecular weight is 440 g/mol. The largest absolute Gasteiger partial charge is 0.297 e. The lowest BCUT2D eigenvalue weighted by molar-refractivity contribution is 0.202. The van der Waals surface area contributed by atoms with Gasteiger partial charge >= 0.3 is 0 Å². The van der Waals surface area contributed by atoms with Crippen LogP contribution in [0.15, 0.2) is 54.9 Å². The molecule has 31 heavy (non-hydrogen) atoms. The predicted octanol–water partition coefficient (Wildman–Crippen LogP) is 3.21. The van der Waals surface area contributed by atoms with E-state index in [1.807, 2.05) is 41.2 Å². The van der Waals surface area contributed by atoms with E-state index in [1.165, 1.54) is 11.8 Å². The van der Waals surface area contributed by atoms with Crippen molar-refractivity contribution in [2.45, 2.75) is 44.0 Å². The van der Waals surface area contributed by atoms with Gasteiger partial charge < -0.3 is 0 Å². The van der Waals surface area contributed by atoms with E-state index in [9.17, 15) is 8.42 Å². The highest BCUT2D eigenvalue weighted by molar-refractivity contribution is 7.89. The summed E-state index contributed by atoms with van der Waals surface area (Å²) in [4.78, 5) is 6.82. The molecule has 0 N–H and O–H groups in total. The molecule has 0 saturated carbocycles. The van der Waals surface area contributed by atoms with Crippen LogP contribution in [-0.4, -0.2) is 52.6 Å². The van der Waals surface area contributed by atoms with Crippen LogP contribution in [0.2, 0.25) is 0 Å². The Morgan fingerprint density at radius 2 is 1.94 bits per heavy atom. The minimum absolute atomic E-state index is 0.0485. The Kier molecular flexibility index (Phi) is 6.48. The van der Waals surface area contributed by atoms with Gasteiger partial charge in [-0.15, -0.1) is 5.10 Å². The topological polar surface area (TPSA) is 81.0 Å². The number of rotatable bonds is 7. The first-order valence-electron chi connectivity index (χ1n) is 10.7. The van der Waals surface area contributed by atoms with Gasteiger partial charge in [0.15, 0.2) is 9.84 Å². The fourth-order valence-corrected chi connectivity index (χ4v) is 5.01. The molecule has 1 saturated heterocycles. The van der Waals surface area contributed by atoms with Crippen LogP contribution in [0.5, 0.6) is 0 Å². The van der Waals surface area contributed by atoms with Gasteiger partial charge in [-0.1, -0.05) is 35.5 Å². The number of benzene rings is 1. The van der Waals surface area contributed by atoms with E-state index in [1.54, 1.807) is 6.20 Å². The van der Waals surface area contributed by atoms with Crippen molar-refractivity contribution in [3.8, 4) is 0 Å². The van der Waals surface area contributed by atoms with E-state index in [2.05, 4.69) is 39.3 Å². The number of aromatic nitrogens is 4. The summed E-state index contributed by atoms with van der Waals surface area (Å²) >= 11 is 0. The first-order chi connectivity index (χ1) is 14.9. The van der Waals surface area contributed by atoms with Crippen LogP contribution in [0.25, 0.3) is 0 Å². The highest BCUT2D eigenvalue weighted by Crippen LogP contribution is 2.29. The Bertz CT molecular complexity index is 1110. The summed E-state index contributed by atoms with van der Waals surface area (Å²) in [6.07, 6.45) is 7.21. The molecule has 0 bridgehead atoms. The number of hydrogen-bond acceptors (Lipinski definition) is 6. The van der Waals surface area contributed by atoms with Gasteiger partial charge in [-0.05, 0) is 62.0 Å². The molecule has 8 heteroatoms. The zero-order chi connectivity index (χ0) is 21.8. The van der Waals surface area contributed by atoms with Crippen LogP contribution in [0.1, 0.15) is 54.2 Å². The summed E-state index contributed by atoms with van der Waals surface area (Å²) in [5.74, 6) is 0.572. The van der Waals surface area contributed by atoms with Crippen LogP contribution in [0, 0.1) is 0 Å². The van der Waals surface area contributed by atoms with Gasteiger partial charge in [-0.2, -0.15) is 0 Å². The predicted molar refractivity (Wildman–Crippen MR) is 120 cm³/mol. The second-order valence-electron chi connectivity index (χ2n) is 8.49. The van der Waals surface area contributed by atoms with E-state index in [0.29, 0.717) is 5.92 Å². The third kappa shape index (κ3) is 5.77. The van der Waals surface area contributed by atoms with Gasteiger partial charge in [0, 0.05) is 19.0 Å². The summed E-state index contributed by atoms with van der Waals surface area (Å²) in [5.41, 5.74) is 4.06. The molecule has 1 atom stereocenters. The minimum Gasteiger partial charge on any atom is -0.297 e. The molecule has 1 aliphatic heterocycles. The molecular weight excluding hydrogens is 410 g/mol. The van der Waals surface area contributed by atoms with Gasteiger partial charge in [0.2, 0.25) is 0 Å². The van der Waals surface area contributed by atoms with Crippen LogP contribution in [0.4, 0.5) is 0 Å².